The van der Waals surface area contributed by atoms with Crippen molar-refractivity contribution in [2.24, 2.45) is 0 Å². The Bertz CT molecular complexity index is 307. The van der Waals surface area contributed by atoms with Gasteiger partial charge in [0.25, 0.3) is 0 Å². The van der Waals surface area contributed by atoms with Crippen molar-refractivity contribution in [2.75, 3.05) is 6.61 Å². The highest BCUT2D eigenvalue weighted by Crippen LogP contribution is 2.43. The fourth-order valence-electron chi connectivity index (χ4n) is 1.76. The van der Waals surface area contributed by atoms with Crippen LogP contribution < -0.4 is 0 Å². The summed E-state index contributed by atoms with van der Waals surface area (Å²) in [5, 5.41) is 9.13. The molecule has 0 aromatic carbocycles. The number of carboxylic acid groups (broad SMARTS) is 1. The van der Waals surface area contributed by atoms with Crippen molar-refractivity contribution in [3.05, 3.63) is 12.7 Å². The molecule has 0 heterocycles. The van der Waals surface area contributed by atoms with E-state index in [1.54, 1.807) is 13.8 Å². The molecule has 1 aliphatic carbocycles. The molecule has 0 aromatic rings. The van der Waals surface area contributed by atoms with Gasteiger partial charge in [0.05, 0.1) is 0 Å². The first-order chi connectivity index (χ1) is 7.45. The van der Waals surface area contributed by atoms with Crippen LogP contribution in [0.5, 0.6) is 0 Å². The first-order valence-corrected chi connectivity index (χ1v) is 5.26. The monoisotopic (exact) mass is 227 g/mol. The van der Waals surface area contributed by atoms with Gasteiger partial charge in [0.2, 0.25) is 0 Å². The molecule has 1 saturated carbocycles. The van der Waals surface area contributed by atoms with Crippen molar-refractivity contribution in [3.8, 4) is 0 Å². The summed E-state index contributed by atoms with van der Waals surface area (Å²) < 4.78 is 4.90. The molecule has 1 N–H and O–H groups in total. The van der Waals surface area contributed by atoms with E-state index in [9.17, 15) is 9.59 Å². The van der Waals surface area contributed by atoms with Crippen LogP contribution in [0.4, 0.5) is 4.79 Å². The van der Waals surface area contributed by atoms with Crippen LogP contribution in [0.15, 0.2) is 12.7 Å². The van der Waals surface area contributed by atoms with Gasteiger partial charge in [-0.2, -0.15) is 0 Å². The molecule has 0 aliphatic heterocycles. The maximum atomic E-state index is 11.7. The highest BCUT2D eigenvalue weighted by atomic mass is 16.6. The number of aliphatic carboxylic acids is 1. The van der Waals surface area contributed by atoms with Gasteiger partial charge in [0.15, 0.2) is 0 Å². The number of amides is 1. The van der Waals surface area contributed by atoms with Crippen LogP contribution in [0.25, 0.3) is 0 Å². The highest BCUT2D eigenvalue weighted by molar-refractivity contribution is 5.87. The third-order valence-corrected chi connectivity index (χ3v) is 2.62. The SMILES string of the molecule is C=CCOC(=O)N(C(C)C)C1(C(=O)O)CC1. The summed E-state index contributed by atoms with van der Waals surface area (Å²) in [6.07, 6.45) is 1.85. The van der Waals surface area contributed by atoms with E-state index in [0.717, 1.165) is 0 Å². The Balaban J connectivity index is 2.79. The molecule has 0 aromatic heterocycles. The quantitative estimate of drug-likeness (QED) is 0.725. The number of hydrogen-bond donors (Lipinski definition) is 1. The minimum absolute atomic E-state index is 0.0950. The van der Waals surface area contributed by atoms with Gasteiger partial charge < -0.3 is 9.84 Å². The van der Waals surface area contributed by atoms with E-state index < -0.39 is 17.6 Å². The van der Waals surface area contributed by atoms with E-state index in [-0.39, 0.29) is 12.6 Å². The van der Waals surface area contributed by atoms with Gasteiger partial charge in [-0.3, -0.25) is 4.90 Å². The number of nitrogens with zero attached hydrogens (tertiary/aromatic N) is 1. The molecule has 5 heteroatoms. The van der Waals surface area contributed by atoms with Crippen molar-refractivity contribution >= 4 is 12.1 Å². The van der Waals surface area contributed by atoms with Crippen LogP contribution in [0.3, 0.4) is 0 Å². The van der Waals surface area contributed by atoms with Crippen molar-refractivity contribution in [2.45, 2.75) is 38.3 Å². The number of carbonyl (C=O) groups is 2. The minimum atomic E-state index is -1.05. The fraction of sp³-hybridized carbons (Fsp3) is 0.636. The Kier molecular flexibility index (Phi) is 3.57. The maximum Gasteiger partial charge on any atom is 0.411 e. The molecule has 1 aliphatic rings. The Hall–Kier alpha value is -1.52. The molecule has 5 nitrogen and oxygen atoms in total. The molecule has 0 atom stereocenters. The average molecular weight is 227 g/mol. The summed E-state index contributed by atoms with van der Waals surface area (Å²) in [6.45, 7) is 7.08. The fourth-order valence-corrected chi connectivity index (χ4v) is 1.76. The Labute approximate surface area is 94.7 Å². The number of carbonyl (C=O) groups excluding carboxylic acids is 1. The molecule has 0 saturated heterocycles. The molecule has 0 radical (unpaired) electrons. The second-order valence-electron chi connectivity index (χ2n) is 4.17. The summed E-state index contributed by atoms with van der Waals surface area (Å²) >= 11 is 0. The highest BCUT2D eigenvalue weighted by Gasteiger charge is 2.58. The zero-order chi connectivity index (χ0) is 12.3. The zero-order valence-electron chi connectivity index (χ0n) is 9.60. The molecule has 16 heavy (non-hydrogen) atoms. The van der Waals surface area contributed by atoms with Crippen molar-refractivity contribution in [1.29, 1.82) is 0 Å². The predicted molar refractivity (Wildman–Crippen MR) is 58.1 cm³/mol. The molecule has 90 valence electrons. The smallest absolute Gasteiger partial charge is 0.411 e. The van der Waals surface area contributed by atoms with Crippen LogP contribution in [0.1, 0.15) is 26.7 Å². The van der Waals surface area contributed by atoms with Gasteiger partial charge in [0, 0.05) is 6.04 Å². The lowest BCUT2D eigenvalue weighted by Crippen LogP contribution is -2.51. The van der Waals surface area contributed by atoms with E-state index in [1.807, 2.05) is 0 Å². The number of carboxylic acids is 1. The minimum Gasteiger partial charge on any atom is -0.479 e. The van der Waals surface area contributed by atoms with Gasteiger partial charge in [0.1, 0.15) is 12.1 Å². The Morgan fingerprint density at radius 2 is 2.12 bits per heavy atom. The molecule has 1 amide bonds. The molecule has 0 unspecified atom stereocenters. The van der Waals surface area contributed by atoms with E-state index >= 15 is 0 Å². The summed E-state index contributed by atoms with van der Waals surface area (Å²) in [7, 11) is 0. The van der Waals surface area contributed by atoms with Crippen molar-refractivity contribution in [3.63, 3.8) is 0 Å². The van der Waals surface area contributed by atoms with Gasteiger partial charge in [-0.05, 0) is 26.7 Å². The number of rotatable bonds is 5. The normalized spacial score (nSPS) is 16.7. The molecular formula is C11H17NO4. The van der Waals surface area contributed by atoms with Crippen LogP contribution >= 0.6 is 0 Å². The number of hydrogen-bond acceptors (Lipinski definition) is 3. The van der Waals surface area contributed by atoms with Crippen LogP contribution in [-0.2, 0) is 9.53 Å². The van der Waals surface area contributed by atoms with Crippen molar-refractivity contribution < 1.29 is 19.4 Å². The van der Waals surface area contributed by atoms with Gasteiger partial charge in [-0.1, -0.05) is 12.7 Å². The van der Waals surface area contributed by atoms with E-state index in [2.05, 4.69) is 6.58 Å². The largest absolute Gasteiger partial charge is 0.479 e. The average Bonchev–Trinajstić information content (AvgIpc) is 2.95. The predicted octanol–water partition coefficient (Wildman–Crippen LogP) is 1.64. The van der Waals surface area contributed by atoms with Gasteiger partial charge in [-0.25, -0.2) is 9.59 Å². The summed E-state index contributed by atoms with van der Waals surface area (Å²) in [4.78, 5) is 24.2. The van der Waals surface area contributed by atoms with Gasteiger partial charge in [-0.15, -0.1) is 0 Å². The van der Waals surface area contributed by atoms with E-state index in [1.165, 1.54) is 11.0 Å². The Morgan fingerprint density at radius 3 is 2.44 bits per heavy atom. The molecular weight excluding hydrogens is 210 g/mol. The van der Waals surface area contributed by atoms with Gasteiger partial charge >= 0.3 is 12.1 Å². The van der Waals surface area contributed by atoms with E-state index in [0.29, 0.717) is 12.8 Å². The second-order valence-corrected chi connectivity index (χ2v) is 4.17. The lowest BCUT2D eigenvalue weighted by atomic mass is 10.2. The van der Waals surface area contributed by atoms with Crippen LogP contribution in [0, 0.1) is 0 Å². The summed E-state index contributed by atoms with van der Waals surface area (Å²) in [6, 6.07) is -0.198. The summed E-state index contributed by atoms with van der Waals surface area (Å²) in [5.41, 5.74) is -1.05. The van der Waals surface area contributed by atoms with Crippen LogP contribution in [-0.4, -0.2) is 40.3 Å². The molecule has 1 fully saturated rings. The summed E-state index contributed by atoms with van der Waals surface area (Å²) in [5.74, 6) is -0.961. The first-order valence-electron chi connectivity index (χ1n) is 5.26. The third-order valence-electron chi connectivity index (χ3n) is 2.62. The zero-order valence-corrected chi connectivity index (χ0v) is 9.60. The standard InChI is InChI=1S/C11H17NO4/c1-4-7-16-10(15)12(8(2)3)11(5-6-11)9(13)14/h4,8H,1,5-7H2,2-3H3,(H,13,14). The Morgan fingerprint density at radius 1 is 1.56 bits per heavy atom. The topological polar surface area (TPSA) is 66.8 Å². The third kappa shape index (κ3) is 2.18. The van der Waals surface area contributed by atoms with E-state index in [4.69, 9.17) is 9.84 Å². The second kappa shape index (κ2) is 4.55. The van der Waals surface area contributed by atoms with Crippen molar-refractivity contribution in [1.82, 2.24) is 4.90 Å². The lowest BCUT2D eigenvalue weighted by Gasteiger charge is -2.31. The number of ether oxygens (including phenoxy) is 1. The first kappa shape index (κ1) is 12.5. The maximum absolute atomic E-state index is 11.7. The molecule has 1 rings (SSSR count). The molecule has 0 bridgehead atoms. The lowest BCUT2D eigenvalue weighted by molar-refractivity contribution is -0.145. The molecule has 0 spiro atoms. The van der Waals surface area contributed by atoms with Crippen LogP contribution in [0.2, 0.25) is 0 Å².